The van der Waals surface area contributed by atoms with Gasteiger partial charge in [-0.15, -0.1) is 0 Å². The number of hydrogen-bond donors (Lipinski definition) is 0. The van der Waals surface area contributed by atoms with Gasteiger partial charge in [0.2, 0.25) is 0 Å². The van der Waals surface area contributed by atoms with Gasteiger partial charge in [0.1, 0.15) is 0 Å². The van der Waals surface area contributed by atoms with E-state index in [-0.39, 0.29) is 0 Å². The molecular formula is C36H62. The van der Waals surface area contributed by atoms with Crippen molar-refractivity contribution in [3.63, 3.8) is 0 Å². The Labute approximate surface area is 228 Å². The van der Waals surface area contributed by atoms with Crippen LogP contribution in [0.25, 0.3) is 5.57 Å². The highest BCUT2D eigenvalue weighted by atomic mass is 14.1. The molecule has 0 saturated carbocycles. The van der Waals surface area contributed by atoms with E-state index in [4.69, 9.17) is 0 Å². The molecule has 36 heavy (non-hydrogen) atoms. The van der Waals surface area contributed by atoms with Crippen LogP contribution in [-0.2, 0) is 12.8 Å². The third-order valence-electron chi connectivity index (χ3n) is 6.82. The van der Waals surface area contributed by atoms with Gasteiger partial charge in [0.15, 0.2) is 0 Å². The summed E-state index contributed by atoms with van der Waals surface area (Å²) in [6, 6.07) is 13.6. The molecule has 2 aromatic carbocycles. The molecule has 0 heteroatoms. The number of allylic oxidation sites excluding steroid dienone is 1. The lowest BCUT2D eigenvalue weighted by Gasteiger charge is -2.09. The summed E-state index contributed by atoms with van der Waals surface area (Å²) in [7, 11) is 0. The van der Waals surface area contributed by atoms with Gasteiger partial charge >= 0.3 is 0 Å². The molecule has 0 radical (unpaired) electrons. The van der Waals surface area contributed by atoms with Crippen LogP contribution in [-0.4, -0.2) is 0 Å². The molecule has 0 saturated heterocycles. The normalized spacial score (nSPS) is 10.6. The fraction of sp³-hybridized carbons (Fsp3) is 0.611. The number of hydrogen-bond acceptors (Lipinski definition) is 0. The Morgan fingerprint density at radius 1 is 0.722 bits per heavy atom. The molecule has 1 atom stereocenters. The van der Waals surface area contributed by atoms with Gasteiger partial charge in [-0.25, -0.2) is 0 Å². The Morgan fingerprint density at radius 2 is 1.28 bits per heavy atom. The molecule has 206 valence electrons. The van der Waals surface area contributed by atoms with Gasteiger partial charge in [-0.1, -0.05) is 136 Å². The molecule has 1 unspecified atom stereocenters. The van der Waals surface area contributed by atoms with E-state index in [0.717, 1.165) is 12.3 Å². The highest BCUT2D eigenvalue weighted by Crippen LogP contribution is 2.21. The maximum absolute atomic E-state index is 4.10. The fourth-order valence-electron chi connectivity index (χ4n) is 4.11. The highest BCUT2D eigenvalue weighted by Gasteiger charge is 2.03. The molecule has 0 bridgehead atoms. The van der Waals surface area contributed by atoms with E-state index in [1.165, 1.54) is 96.7 Å². The van der Waals surface area contributed by atoms with Crippen LogP contribution in [0.1, 0.15) is 140 Å². The van der Waals surface area contributed by atoms with E-state index in [1.54, 1.807) is 0 Å². The minimum atomic E-state index is 0.885. The zero-order valence-corrected chi connectivity index (χ0v) is 26.3. The Morgan fingerprint density at radius 3 is 1.78 bits per heavy atom. The van der Waals surface area contributed by atoms with Gasteiger partial charge in [-0.05, 0) is 92.2 Å². The topological polar surface area (TPSA) is 0 Å². The van der Waals surface area contributed by atoms with E-state index in [9.17, 15) is 0 Å². The van der Waals surface area contributed by atoms with Gasteiger partial charge in [0.05, 0.1) is 0 Å². The molecule has 0 fully saturated rings. The minimum Gasteiger partial charge on any atom is -0.0952 e. The lowest BCUT2D eigenvalue weighted by molar-refractivity contribution is 0.495. The van der Waals surface area contributed by atoms with Crippen molar-refractivity contribution < 1.29 is 0 Å². The van der Waals surface area contributed by atoms with E-state index in [2.05, 4.69) is 91.4 Å². The van der Waals surface area contributed by atoms with Crippen LogP contribution in [0.5, 0.6) is 0 Å². The first kappa shape index (κ1) is 36.3. The maximum atomic E-state index is 4.10. The van der Waals surface area contributed by atoms with E-state index >= 15 is 0 Å². The summed E-state index contributed by atoms with van der Waals surface area (Å²) in [5, 5.41) is 0. The van der Waals surface area contributed by atoms with Crippen molar-refractivity contribution in [2.24, 2.45) is 5.92 Å². The molecule has 0 N–H and O–H groups in total. The van der Waals surface area contributed by atoms with E-state index in [1.807, 2.05) is 27.7 Å². The van der Waals surface area contributed by atoms with Crippen LogP contribution in [0.3, 0.4) is 0 Å². The zero-order chi connectivity index (χ0) is 27.9. The third-order valence-corrected chi connectivity index (χ3v) is 6.82. The lowest BCUT2D eigenvalue weighted by atomic mass is 9.96. The third kappa shape index (κ3) is 16.0. The van der Waals surface area contributed by atoms with Gasteiger partial charge in [-0.2, -0.15) is 0 Å². The number of benzene rings is 2. The Bertz CT molecular complexity index is 796. The number of aryl methyl sites for hydroxylation is 5. The van der Waals surface area contributed by atoms with Crippen molar-refractivity contribution in [1.29, 1.82) is 0 Å². The van der Waals surface area contributed by atoms with Crippen LogP contribution in [0.4, 0.5) is 0 Å². The summed E-state index contributed by atoms with van der Waals surface area (Å²) in [5.74, 6) is 0.885. The van der Waals surface area contributed by atoms with Crippen molar-refractivity contribution in [3.8, 4) is 0 Å². The van der Waals surface area contributed by atoms with Gasteiger partial charge < -0.3 is 0 Å². The van der Waals surface area contributed by atoms with Crippen molar-refractivity contribution in [3.05, 3.63) is 76.4 Å². The van der Waals surface area contributed by atoms with Crippen LogP contribution in [0.2, 0.25) is 0 Å². The standard InChI is InChI=1S/C17H26.C15H24.2C2H6/c1-5-7-8-9-10-16-11-12-17(13-15(16)4)14(3)6-2;1-5-12(2)7-6-8-15-10-9-13(3)11-14(15)4;2*1-2/h11-13H,3,5-10H2,1-2,4H3;9-12H,5-8H2,1-4H3;2*1-2H3. The van der Waals surface area contributed by atoms with Gasteiger partial charge in [-0.3, -0.25) is 0 Å². The Hall–Kier alpha value is -1.82. The Balaban J connectivity index is 0. The summed E-state index contributed by atoms with van der Waals surface area (Å²) in [4.78, 5) is 0. The predicted molar refractivity (Wildman–Crippen MR) is 169 cm³/mol. The molecule has 2 aromatic rings. The van der Waals surface area contributed by atoms with Crippen LogP contribution >= 0.6 is 0 Å². The summed E-state index contributed by atoms with van der Waals surface area (Å²) in [6.07, 6.45) is 12.9. The van der Waals surface area contributed by atoms with Crippen molar-refractivity contribution in [1.82, 2.24) is 0 Å². The summed E-state index contributed by atoms with van der Waals surface area (Å²) >= 11 is 0. The van der Waals surface area contributed by atoms with Crippen LogP contribution in [0, 0.1) is 26.7 Å². The lowest BCUT2D eigenvalue weighted by Crippen LogP contribution is -1.95. The monoisotopic (exact) mass is 494 g/mol. The highest BCUT2D eigenvalue weighted by molar-refractivity contribution is 5.64. The molecule has 0 nitrogen and oxygen atoms in total. The number of unbranched alkanes of at least 4 members (excludes halogenated alkanes) is 3. The molecule has 0 spiro atoms. The minimum absolute atomic E-state index is 0.885. The average Bonchev–Trinajstić information content (AvgIpc) is 2.90. The summed E-state index contributed by atoms with van der Waals surface area (Å²) < 4.78 is 0. The Kier molecular flexibility index (Phi) is 23.8. The number of rotatable bonds is 12. The van der Waals surface area contributed by atoms with Crippen LogP contribution < -0.4 is 0 Å². The predicted octanol–water partition coefficient (Wildman–Crippen LogP) is 12.3. The van der Waals surface area contributed by atoms with Crippen LogP contribution in [0.15, 0.2) is 43.0 Å². The molecular weight excluding hydrogens is 432 g/mol. The summed E-state index contributed by atoms with van der Waals surface area (Å²) in [5.41, 5.74) is 9.84. The van der Waals surface area contributed by atoms with E-state index in [0.29, 0.717) is 0 Å². The first-order chi connectivity index (χ1) is 17.3. The SMILES string of the molecule is C=C(CC)c1ccc(CCCCCC)c(C)c1.CC.CC.CCC(C)CCCc1ccc(C)cc1C. The molecule has 0 heterocycles. The molecule has 0 aliphatic carbocycles. The largest absolute Gasteiger partial charge is 0.0952 e. The van der Waals surface area contributed by atoms with Crippen molar-refractivity contribution in [2.45, 2.75) is 140 Å². The van der Waals surface area contributed by atoms with Crippen molar-refractivity contribution in [2.75, 3.05) is 0 Å². The molecule has 0 aromatic heterocycles. The molecule has 0 aliphatic heterocycles. The average molecular weight is 495 g/mol. The fourth-order valence-corrected chi connectivity index (χ4v) is 4.11. The second kappa shape index (κ2) is 23.6. The first-order valence-corrected chi connectivity index (χ1v) is 15.2. The molecule has 2 rings (SSSR count). The quantitative estimate of drug-likeness (QED) is 0.257. The van der Waals surface area contributed by atoms with Gasteiger partial charge in [0.25, 0.3) is 0 Å². The second-order valence-electron chi connectivity index (χ2n) is 9.74. The second-order valence-corrected chi connectivity index (χ2v) is 9.74. The molecule has 0 aliphatic rings. The molecule has 0 amide bonds. The van der Waals surface area contributed by atoms with Crippen molar-refractivity contribution >= 4 is 5.57 Å². The first-order valence-electron chi connectivity index (χ1n) is 15.2. The zero-order valence-electron chi connectivity index (χ0n) is 26.3. The summed E-state index contributed by atoms with van der Waals surface area (Å²) in [6.45, 7) is 27.8. The van der Waals surface area contributed by atoms with E-state index < -0.39 is 0 Å². The van der Waals surface area contributed by atoms with Gasteiger partial charge in [0, 0.05) is 0 Å². The maximum Gasteiger partial charge on any atom is -0.0228 e. The smallest absolute Gasteiger partial charge is 0.0228 e.